The molecule has 1 amide bonds. The monoisotopic (exact) mass is 305 g/mol. The second kappa shape index (κ2) is 8.59. The van der Waals surface area contributed by atoms with E-state index in [1.165, 1.54) is 10.6 Å². The summed E-state index contributed by atoms with van der Waals surface area (Å²) >= 11 is 0. The van der Waals surface area contributed by atoms with Crippen LogP contribution in [0.1, 0.15) is 44.9 Å². The van der Waals surface area contributed by atoms with E-state index in [4.69, 9.17) is 5.73 Å². The van der Waals surface area contributed by atoms with Gasteiger partial charge in [0.2, 0.25) is 15.9 Å². The van der Waals surface area contributed by atoms with Crippen molar-refractivity contribution in [2.75, 3.05) is 25.9 Å². The van der Waals surface area contributed by atoms with Crippen LogP contribution in [0.3, 0.4) is 0 Å². The number of carbonyl (C=O) groups excluding carboxylic acids is 1. The molecule has 0 aromatic heterocycles. The Labute approximate surface area is 122 Å². The van der Waals surface area contributed by atoms with Crippen LogP contribution in [0.4, 0.5) is 0 Å². The van der Waals surface area contributed by atoms with Crippen molar-refractivity contribution in [3.05, 3.63) is 0 Å². The third kappa shape index (κ3) is 6.67. The smallest absolute Gasteiger partial charge is 0.220 e. The highest BCUT2D eigenvalue weighted by molar-refractivity contribution is 7.88. The Hall–Kier alpha value is -0.660. The number of hydrogen-bond donors (Lipinski definition) is 2. The molecule has 7 heteroatoms. The molecule has 0 radical (unpaired) electrons. The summed E-state index contributed by atoms with van der Waals surface area (Å²) in [5.74, 6) is 0.0792. The van der Waals surface area contributed by atoms with Crippen molar-refractivity contribution in [3.8, 4) is 0 Å². The molecule has 0 aliphatic carbocycles. The zero-order valence-corrected chi connectivity index (χ0v) is 13.1. The van der Waals surface area contributed by atoms with Gasteiger partial charge in [0.05, 0.1) is 6.26 Å². The lowest BCUT2D eigenvalue weighted by Gasteiger charge is -2.30. The molecular weight excluding hydrogens is 278 g/mol. The number of nitrogens with zero attached hydrogens (tertiary/aromatic N) is 1. The summed E-state index contributed by atoms with van der Waals surface area (Å²) in [6, 6.07) is 0.115. The molecule has 1 rings (SSSR count). The molecule has 6 nitrogen and oxygen atoms in total. The highest BCUT2D eigenvalue weighted by Gasteiger charge is 2.25. The summed E-state index contributed by atoms with van der Waals surface area (Å²) in [4.78, 5) is 11.8. The van der Waals surface area contributed by atoms with Crippen molar-refractivity contribution < 1.29 is 13.2 Å². The molecule has 0 unspecified atom stereocenters. The van der Waals surface area contributed by atoms with E-state index in [1.54, 1.807) is 0 Å². The van der Waals surface area contributed by atoms with Gasteiger partial charge in [-0.15, -0.1) is 0 Å². The molecule has 1 fully saturated rings. The van der Waals surface area contributed by atoms with Gasteiger partial charge >= 0.3 is 0 Å². The quantitative estimate of drug-likeness (QED) is 0.636. The average Bonchev–Trinajstić information content (AvgIpc) is 2.38. The van der Waals surface area contributed by atoms with Crippen LogP contribution in [0.15, 0.2) is 0 Å². The molecule has 1 heterocycles. The molecule has 0 aromatic rings. The molecule has 1 aliphatic heterocycles. The maximum Gasteiger partial charge on any atom is 0.220 e. The molecule has 0 aromatic carbocycles. The Morgan fingerprint density at radius 1 is 1.20 bits per heavy atom. The van der Waals surface area contributed by atoms with Crippen molar-refractivity contribution in [1.29, 1.82) is 0 Å². The van der Waals surface area contributed by atoms with E-state index in [0.29, 0.717) is 38.9 Å². The number of piperidine rings is 1. The second-order valence-electron chi connectivity index (χ2n) is 5.46. The Balaban J connectivity index is 2.15. The van der Waals surface area contributed by atoms with Gasteiger partial charge in [-0.1, -0.05) is 12.8 Å². The molecule has 0 spiro atoms. The van der Waals surface area contributed by atoms with Crippen LogP contribution < -0.4 is 11.1 Å². The van der Waals surface area contributed by atoms with Gasteiger partial charge < -0.3 is 11.1 Å². The number of unbranched alkanes of at least 4 members (excludes halogenated alkanes) is 3. The Bertz CT molecular complexity index is 390. The average molecular weight is 305 g/mol. The summed E-state index contributed by atoms with van der Waals surface area (Å²) < 4.78 is 24.2. The third-order valence-electron chi connectivity index (χ3n) is 3.65. The topological polar surface area (TPSA) is 92.5 Å². The summed E-state index contributed by atoms with van der Waals surface area (Å²) in [6.07, 6.45) is 7.22. The third-order valence-corrected chi connectivity index (χ3v) is 4.95. The Kier molecular flexibility index (Phi) is 7.47. The molecule has 1 saturated heterocycles. The van der Waals surface area contributed by atoms with Crippen LogP contribution in [-0.4, -0.2) is 50.6 Å². The molecule has 20 heavy (non-hydrogen) atoms. The lowest BCUT2D eigenvalue weighted by molar-refractivity contribution is -0.122. The number of hydrogen-bond acceptors (Lipinski definition) is 4. The number of nitrogens with one attached hydrogen (secondary N) is 1. The Morgan fingerprint density at radius 3 is 2.35 bits per heavy atom. The van der Waals surface area contributed by atoms with Gasteiger partial charge in [0, 0.05) is 25.6 Å². The number of nitrogens with two attached hydrogens (primary N) is 1. The normalized spacial score (nSPS) is 18.1. The minimum atomic E-state index is -3.09. The Morgan fingerprint density at radius 2 is 1.80 bits per heavy atom. The van der Waals surface area contributed by atoms with E-state index in [1.807, 2.05) is 0 Å². The number of rotatable bonds is 8. The van der Waals surface area contributed by atoms with E-state index in [9.17, 15) is 13.2 Å². The van der Waals surface area contributed by atoms with E-state index < -0.39 is 10.0 Å². The van der Waals surface area contributed by atoms with Crippen molar-refractivity contribution in [2.24, 2.45) is 5.73 Å². The number of carbonyl (C=O) groups is 1. The first-order chi connectivity index (χ1) is 9.43. The molecule has 0 bridgehead atoms. The highest BCUT2D eigenvalue weighted by Crippen LogP contribution is 2.13. The van der Waals surface area contributed by atoms with Crippen LogP contribution in [0, 0.1) is 0 Å². The van der Waals surface area contributed by atoms with Gasteiger partial charge in [-0.05, 0) is 32.2 Å². The SMILES string of the molecule is CS(=O)(=O)N1CCC(NC(=O)CCCCCCN)CC1. The molecule has 1 aliphatic rings. The molecule has 0 saturated carbocycles. The molecular formula is C13H27N3O3S. The largest absolute Gasteiger partial charge is 0.353 e. The van der Waals surface area contributed by atoms with Crippen LogP contribution in [0.2, 0.25) is 0 Å². The van der Waals surface area contributed by atoms with Crippen LogP contribution in [-0.2, 0) is 14.8 Å². The van der Waals surface area contributed by atoms with Gasteiger partial charge in [0.25, 0.3) is 0 Å². The maximum absolute atomic E-state index is 11.8. The van der Waals surface area contributed by atoms with Crippen LogP contribution in [0.5, 0.6) is 0 Å². The van der Waals surface area contributed by atoms with Crippen LogP contribution >= 0.6 is 0 Å². The zero-order valence-electron chi connectivity index (χ0n) is 12.3. The highest BCUT2D eigenvalue weighted by atomic mass is 32.2. The summed E-state index contributed by atoms with van der Waals surface area (Å²) in [5, 5.41) is 3.00. The minimum Gasteiger partial charge on any atom is -0.353 e. The van der Waals surface area contributed by atoms with E-state index in [-0.39, 0.29) is 11.9 Å². The first-order valence-corrected chi connectivity index (χ1v) is 9.23. The molecule has 118 valence electrons. The van der Waals surface area contributed by atoms with Gasteiger partial charge in [-0.25, -0.2) is 12.7 Å². The van der Waals surface area contributed by atoms with Gasteiger partial charge in [0.15, 0.2) is 0 Å². The number of sulfonamides is 1. The first-order valence-electron chi connectivity index (χ1n) is 7.38. The van der Waals surface area contributed by atoms with Gasteiger partial charge in [-0.2, -0.15) is 0 Å². The fraction of sp³-hybridized carbons (Fsp3) is 0.923. The van der Waals surface area contributed by atoms with Crippen LogP contribution in [0.25, 0.3) is 0 Å². The maximum atomic E-state index is 11.8. The number of amides is 1. The first kappa shape index (κ1) is 17.4. The predicted octanol–water partition coefficient (Wildman–Crippen LogP) is 0.436. The van der Waals surface area contributed by atoms with E-state index in [2.05, 4.69) is 5.32 Å². The standard InChI is InChI=1S/C13H27N3O3S/c1-20(18,19)16-10-7-12(8-11-16)15-13(17)6-4-2-3-5-9-14/h12H,2-11,14H2,1H3,(H,15,17). The van der Waals surface area contributed by atoms with Crippen molar-refractivity contribution in [2.45, 2.75) is 51.0 Å². The lowest BCUT2D eigenvalue weighted by Crippen LogP contribution is -2.46. The van der Waals surface area contributed by atoms with Crippen molar-refractivity contribution >= 4 is 15.9 Å². The van der Waals surface area contributed by atoms with Crippen molar-refractivity contribution in [1.82, 2.24) is 9.62 Å². The summed E-state index contributed by atoms with van der Waals surface area (Å²) in [6.45, 7) is 1.71. The van der Waals surface area contributed by atoms with E-state index >= 15 is 0 Å². The van der Waals surface area contributed by atoms with Gasteiger partial charge in [-0.3, -0.25) is 4.79 Å². The molecule has 3 N–H and O–H groups in total. The van der Waals surface area contributed by atoms with E-state index in [0.717, 1.165) is 25.7 Å². The lowest BCUT2D eigenvalue weighted by atomic mass is 10.1. The zero-order chi connectivity index (χ0) is 15.0. The second-order valence-corrected chi connectivity index (χ2v) is 7.44. The fourth-order valence-electron chi connectivity index (χ4n) is 2.42. The molecule has 0 atom stereocenters. The van der Waals surface area contributed by atoms with Crippen molar-refractivity contribution in [3.63, 3.8) is 0 Å². The minimum absolute atomic E-state index is 0.0792. The summed E-state index contributed by atoms with van der Waals surface area (Å²) in [5.41, 5.74) is 5.41. The summed E-state index contributed by atoms with van der Waals surface area (Å²) in [7, 11) is -3.09. The van der Waals surface area contributed by atoms with Gasteiger partial charge in [0.1, 0.15) is 0 Å². The predicted molar refractivity (Wildman–Crippen MR) is 79.7 cm³/mol. The fourth-order valence-corrected chi connectivity index (χ4v) is 3.29.